The Morgan fingerprint density at radius 1 is 1.45 bits per heavy atom. The van der Waals surface area contributed by atoms with Gasteiger partial charge in [-0.15, -0.1) is 0 Å². The largest absolute Gasteiger partial charge is 0.336 e. The highest BCUT2D eigenvalue weighted by Crippen LogP contribution is 2.01. The first-order valence-corrected chi connectivity index (χ1v) is 4.26. The summed E-state index contributed by atoms with van der Waals surface area (Å²) in [6, 6.07) is 0.414. The minimum Gasteiger partial charge on any atom is -0.336 e. The normalized spacial score (nSPS) is 16.1. The number of hydrogen-bond donors (Lipinski definition) is 1. The first-order valence-electron chi connectivity index (χ1n) is 4.26. The summed E-state index contributed by atoms with van der Waals surface area (Å²) in [6.07, 6.45) is 0. The van der Waals surface area contributed by atoms with E-state index in [4.69, 9.17) is 0 Å². The number of nitrogens with zero attached hydrogens (tertiary/aromatic N) is 1. The third kappa shape index (κ3) is 2.78. The molecule has 1 fully saturated rings. The van der Waals surface area contributed by atoms with Gasteiger partial charge in [0.2, 0.25) is 0 Å². The van der Waals surface area contributed by atoms with E-state index >= 15 is 0 Å². The van der Waals surface area contributed by atoms with E-state index in [0.29, 0.717) is 6.04 Å². The summed E-state index contributed by atoms with van der Waals surface area (Å²) in [6.45, 7) is 9.70. The second-order valence-electron chi connectivity index (χ2n) is 2.52. The smallest absolute Gasteiger partial charge is 0.317 e. The van der Waals surface area contributed by atoms with E-state index in [0.717, 1.165) is 13.1 Å². The fraction of sp³-hybridized carbons (Fsp3) is 0.875. The number of carbonyl (C=O) groups excluding carboxylic acids is 1. The minimum absolute atomic E-state index is 0.0741. The molecule has 0 aromatic rings. The van der Waals surface area contributed by atoms with Crippen molar-refractivity contribution in [2.45, 2.75) is 33.7 Å². The molecule has 11 heavy (non-hydrogen) atoms. The van der Waals surface area contributed by atoms with Crippen LogP contribution in [0.4, 0.5) is 4.79 Å². The Labute approximate surface area is 68.8 Å². The van der Waals surface area contributed by atoms with Crippen LogP contribution in [0.1, 0.15) is 27.7 Å². The van der Waals surface area contributed by atoms with Gasteiger partial charge in [-0.05, 0) is 13.8 Å². The van der Waals surface area contributed by atoms with Crippen LogP contribution in [0.5, 0.6) is 0 Å². The Morgan fingerprint density at radius 3 is 2.18 bits per heavy atom. The van der Waals surface area contributed by atoms with Crippen LogP contribution in [0.3, 0.4) is 0 Å². The third-order valence-electron chi connectivity index (χ3n) is 1.51. The molecule has 0 atom stereocenters. The number of urea groups is 1. The Kier molecular flexibility index (Phi) is 4.66. The first kappa shape index (κ1) is 10.3. The Hall–Kier alpha value is -0.730. The summed E-state index contributed by atoms with van der Waals surface area (Å²) in [5.41, 5.74) is 0. The zero-order valence-electron chi connectivity index (χ0n) is 7.85. The maximum Gasteiger partial charge on any atom is 0.317 e. The van der Waals surface area contributed by atoms with E-state index < -0.39 is 0 Å². The van der Waals surface area contributed by atoms with Gasteiger partial charge in [-0.2, -0.15) is 0 Å². The molecule has 0 unspecified atom stereocenters. The van der Waals surface area contributed by atoms with Crippen LogP contribution in [0, 0.1) is 0 Å². The number of carbonyl (C=O) groups is 1. The fourth-order valence-corrected chi connectivity index (χ4v) is 0.979. The molecule has 1 rings (SSSR count). The monoisotopic (exact) mass is 158 g/mol. The highest BCUT2D eigenvalue weighted by Gasteiger charge is 2.20. The molecule has 0 aromatic heterocycles. The molecule has 1 aliphatic heterocycles. The topological polar surface area (TPSA) is 32.3 Å². The molecule has 66 valence electrons. The summed E-state index contributed by atoms with van der Waals surface area (Å²) in [4.78, 5) is 12.6. The van der Waals surface area contributed by atoms with E-state index in [1.165, 1.54) is 0 Å². The third-order valence-corrected chi connectivity index (χ3v) is 1.51. The van der Waals surface area contributed by atoms with Crippen molar-refractivity contribution < 1.29 is 4.79 Å². The van der Waals surface area contributed by atoms with Crippen molar-refractivity contribution in [2.24, 2.45) is 0 Å². The molecule has 1 aliphatic rings. The average Bonchev–Trinajstić information content (AvgIpc) is 2.39. The number of amides is 2. The summed E-state index contributed by atoms with van der Waals surface area (Å²) in [5, 5.41) is 2.74. The van der Waals surface area contributed by atoms with Crippen molar-refractivity contribution in [2.75, 3.05) is 13.1 Å². The Balaban J connectivity index is 0.000000461. The maximum absolute atomic E-state index is 10.8. The molecule has 1 heterocycles. The maximum atomic E-state index is 10.8. The van der Waals surface area contributed by atoms with Crippen molar-refractivity contribution in [3.05, 3.63) is 0 Å². The minimum atomic E-state index is 0.0741. The average molecular weight is 158 g/mol. The van der Waals surface area contributed by atoms with Crippen LogP contribution >= 0.6 is 0 Å². The molecule has 0 aliphatic carbocycles. The highest BCUT2D eigenvalue weighted by atomic mass is 16.2. The Bertz CT molecular complexity index is 123. The fourth-order valence-electron chi connectivity index (χ4n) is 0.979. The Morgan fingerprint density at radius 2 is 2.00 bits per heavy atom. The van der Waals surface area contributed by atoms with Crippen LogP contribution in [0.2, 0.25) is 0 Å². The first-order chi connectivity index (χ1) is 5.22. The quantitative estimate of drug-likeness (QED) is 0.615. The van der Waals surface area contributed by atoms with Crippen LogP contribution in [0.15, 0.2) is 0 Å². The molecule has 0 spiro atoms. The molecular formula is C8H18N2O. The van der Waals surface area contributed by atoms with Gasteiger partial charge in [0.15, 0.2) is 0 Å². The van der Waals surface area contributed by atoms with Crippen molar-refractivity contribution >= 4 is 6.03 Å². The van der Waals surface area contributed by atoms with Crippen molar-refractivity contribution in [1.82, 2.24) is 10.2 Å². The van der Waals surface area contributed by atoms with Gasteiger partial charge < -0.3 is 10.2 Å². The van der Waals surface area contributed by atoms with Gasteiger partial charge in [0.1, 0.15) is 0 Å². The van der Waals surface area contributed by atoms with E-state index in [-0.39, 0.29) is 6.03 Å². The van der Waals surface area contributed by atoms with Crippen molar-refractivity contribution in [1.29, 1.82) is 0 Å². The van der Waals surface area contributed by atoms with E-state index in [9.17, 15) is 4.79 Å². The van der Waals surface area contributed by atoms with Crippen LogP contribution < -0.4 is 5.32 Å². The second-order valence-corrected chi connectivity index (χ2v) is 2.52. The highest BCUT2D eigenvalue weighted by molar-refractivity contribution is 5.76. The molecule has 1 N–H and O–H groups in total. The zero-order chi connectivity index (χ0) is 8.85. The number of rotatable bonds is 1. The molecule has 2 amide bonds. The van der Waals surface area contributed by atoms with Gasteiger partial charge >= 0.3 is 6.03 Å². The molecule has 0 radical (unpaired) electrons. The predicted octanol–water partition coefficient (Wildman–Crippen LogP) is 1.45. The van der Waals surface area contributed by atoms with E-state index in [2.05, 4.69) is 5.32 Å². The lowest BCUT2D eigenvalue weighted by atomic mass is 10.3. The lowest BCUT2D eigenvalue weighted by Crippen LogP contribution is -2.33. The number of nitrogens with one attached hydrogen (secondary N) is 1. The van der Waals surface area contributed by atoms with Crippen LogP contribution in [-0.4, -0.2) is 30.1 Å². The summed E-state index contributed by atoms with van der Waals surface area (Å²) in [7, 11) is 0. The zero-order valence-corrected chi connectivity index (χ0v) is 7.85. The lowest BCUT2D eigenvalue weighted by molar-refractivity contribution is 0.206. The van der Waals surface area contributed by atoms with Crippen LogP contribution in [-0.2, 0) is 0 Å². The van der Waals surface area contributed by atoms with Gasteiger partial charge in [0.05, 0.1) is 0 Å². The summed E-state index contributed by atoms with van der Waals surface area (Å²) in [5.74, 6) is 0. The van der Waals surface area contributed by atoms with Gasteiger partial charge in [-0.3, -0.25) is 0 Å². The van der Waals surface area contributed by atoms with E-state index in [1.54, 1.807) is 0 Å². The standard InChI is InChI=1S/C6H12N2O.C2H6/c1-5(2)8-4-3-7-6(8)9;1-2/h5H,3-4H2,1-2H3,(H,7,9);1-2H3. The van der Waals surface area contributed by atoms with E-state index in [1.807, 2.05) is 32.6 Å². The van der Waals surface area contributed by atoms with Gasteiger partial charge in [0.25, 0.3) is 0 Å². The molecule has 1 saturated heterocycles. The molecule has 3 nitrogen and oxygen atoms in total. The summed E-state index contributed by atoms with van der Waals surface area (Å²) >= 11 is 0. The number of hydrogen-bond acceptors (Lipinski definition) is 1. The molecule has 3 heteroatoms. The van der Waals surface area contributed by atoms with Crippen molar-refractivity contribution in [3.8, 4) is 0 Å². The molecule has 0 bridgehead atoms. The van der Waals surface area contributed by atoms with Gasteiger partial charge in [0, 0.05) is 19.1 Å². The second kappa shape index (κ2) is 4.99. The van der Waals surface area contributed by atoms with Crippen molar-refractivity contribution in [3.63, 3.8) is 0 Å². The molecule has 0 saturated carbocycles. The lowest BCUT2D eigenvalue weighted by Gasteiger charge is -2.17. The summed E-state index contributed by atoms with van der Waals surface area (Å²) < 4.78 is 0. The van der Waals surface area contributed by atoms with Gasteiger partial charge in [-0.25, -0.2) is 4.79 Å². The van der Waals surface area contributed by atoms with Gasteiger partial charge in [-0.1, -0.05) is 13.8 Å². The predicted molar refractivity (Wildman–Crippen MR) is 46.6 cm³/mol. The molecular weight excluding hydrogens is 140 g/mol. The van der Waals surface area contributed by atoms with Crippen LogP contribution in [0.25, 0.3) is 0 Å². The SMILES string of the molecule is CC.CC(C)N1CCNC1=O. The molecule has 0 aromatic carbocycles.